The van der Waals surface area contributed by atoms with Crippen molar-refractivity contribution in [3.8, 4) is 11.7 Å². The fraction of sp³-hybridized carbons (Fsp3) is 0.136. The molecule has 0 aliphatic carbocycles. The summed E-state index contributed by atoms with van der Waals surface area (Å²) in [5.41, 5.74) is 2.32. The number of pyridine rings is 2. The summed E-state index contributed by atoms with van der Waals surface area (Å²) < 4.78 is 7.41. The lowest BCUT2D eigenvalue weighted by Gasteiger charge is -2.14. The van der Waals surface area contributed by atoms with E-state index < -0.39 is 0 Å². The maximum Gasteiger partial charge on any atom is 0.253 e. The highest BCUT2D eigenvalue weighted by atomic mass is 16.5. The summed E-state index contributed by atoms with van der Waals surface area (Å²) in [5, 5.41) is 6.98. The van der Waals surface area contributed by atoms with E-state index in [1.807, 2.05) is 49.4 Å². The number of aromatic nitrogens is 5. The molecule has 3 aromatic heterocycles. The second-order valence-corrected chi connectivity index (χ2v) is 6.56. The van der Waals surface area contributed by atoms with Crippen LogP contribution >= 0.6 is 0 Å². The molecule has 0 saturated carbocycles. The van der Waals surface area contributed by atoms with Crippen molar-refractivity contribution in [1.29, 1.82) is 0 Å². The van der Waals surface area contributed by atoms with Gasteiger partial charge < -0.3 is 10.1 Å². The van der Waals surface area contributed by atoms with E-state index in [-0.39, 0.29) is 12.0 Å². The van der Waals surface area contributed by atoms with Gasteiger partial charge in [0.05, 0.1) is 5.56 Å². The fourth-order valence-electron chi connectivity index (χ4n) is 2.93. The van der Waals surface area contributed by atoms with E-state index in [1.165, 1.54) is 12.5 Å². The van der Waals surface area contributed by atoms with E-state index in [0.29, 0.717) is 23.8 Å². The van der Waals surface area contributed by atoms with Crippen molar-refractivity contribution in [2.45, 2.75) is 19.6 Å². The summed E-state index contributed by atoms with van der Waals surface area (Å²) in [6, 6.07) is 17.0. The minimum absolute atomic E-state index is 0.140. The Bertz CT molecular complexity index is 1100. The number of rotatable bonds is 7. The Balaban J connectivity index is 1.38. The van der Waals surface area contributed by atoms with Gasteiger partial charge in [-0.3, -0.25) is 4.79 Å². The van der Waals surface area contributed by atoms with E-state index in [9.17, 15) is 4.79 Å². The third-order valence-electron chi connectivity index (χ3n) is 4.51. The van der Waals surface area contributed by atoms with Crippen molar-refractivity contribution >= 4 is 5.91 Å². The minimum Gasteiger partial charge on any atom is -0.470 e. The Hall–Kier alpha value is -4.07. The standard InChI is InChI=1S/C22H20N6O2/c1-16(17-6-3-2-4-7-17)30-20-10-9-19(13-25-20)22(29)26-12-18-8-5-11-24-21(18)28-15-23-14-27-28/h2-11,13-16H,12H2,1H3,(H,26,29)/t16-/m0/s1. The lowest BCUT2D eigenvalue weighted by Crippen LogP contribution is -2.24. The largest absolute Gasteiger partial charge is 0.470 e. The first-order valence-electron chi connectivity index (χ1n) is 9.45. The molecule has 0 aliphatic rings. The van der Waals surface area contributed by atoms with Gasteiger partial charge in [-0.2, -0.15) is 5.10 Å². The van der Waals surface area contributed by atoms with E-state index >= 15 is 0 Å². The predicted octanol–water partition coefficient (Wildman–Crippen LogP) is 3.13. The molecule has 0 fully saturated rings. The van der Waals surface area contributed by atoms with Crippen LogP contribution in [0.2, 0.25) is 0 Å². The average molecular weight is 400 g/mol. The number of benzene rings is 1. The summed E-state index contributed by atoms with van der Waals surface area (Å²) >= 11 is 0. The third-order valence-corrected chi connectivity index (χ3v) is 4.51. The summed E-state index contributed by atoms with van der Waals surface area (Å²) in [7, 11) is 0. The number of ether oxygens (including phenoxy) is 1. The van der Waals surface area contributed by atoms with Crippen molar-refractivity contribution in [3.05, 3.63) is 96.3 Å². The Morgan fingerprint density at radius 1 is 1.10 bits per heavy atom. The molecule has 0 saturated heterocycles. The molecular formula is C22H20N6O2. The van der Waals surface area contributed by atoms with Gasteiger partial charge in [-0.05, 0) is 24.6 Å². The van der Waals surface area contributed by atoms with Crippen molar-refractivity contribution < 1.29 is 9.53 Å². The quantitative estimate of drug-likeness (QED) is 0.512. The molecule has 8 nitrogen and oxygen atoms in total. The summed E-state index contributed by atoms with van der Waals surface area (Å²) in [6.07, 6.45) is 6.03. The first-order chi connectivity index (χ1) is 14.7. The SMILES string of the molecule is C[C@H](Oc1ccc(C(=O)NCc2cccnc2-n2cncn2)cn1)c1ccccc1. The minimum atomic E-state index is -0.237. The lowest BCUT2D eigenvalue weighted by atomic mass is 10.1. The molecule has 8 heteroatoms. The van der Waals surface area contributed by atoms with Gasteiger partial charge in [0.25, 0.3) is 5.91 Å². The molecule has 1 N–H and O–H groups in total. The van der Waals surface area contributed by atoms with E-state index in [1.54, 1.807) is 29.3 Å². The molecule has 1 atom stereocenters. The number of hydrogen-bond acceptors (Lipinski definition) is 6. The number of hydrogen-bond donors (Lipinski definition) is 1. The second kappa shape index (κ2) is 8.95. The zero-order chi connectivity index (χ0) is 20.8. The molecule has 3 heterocycles. The smallest absolute Gasteiger partial charge is 0.253 e. The van der Waals surface area contributed by atoms with E-state index in [0.717, 1.165) is 11.1 Å². The van der Waals surface area contributed by atoms with Gasteiger partial charge in [0.2, 0.25) is 5.88 Å². The zero-order valence-electron chi connectivity index (χ0n) is 16.3. The molecule has 4 rings (SSSR count). The molecule has 1 amide bonds. The number of amides is 1. The highest BCUT2D eigenvalue weighted by Gasteiger charge is 2.12. The number of nitrogens with one attached hydrogen (secondary N) is 1. The van der Waals surface area contributed by atoms with Crippen LogP contribution in [0.15, 0.2) is 79.6 Å². The van der Waals surface area contributed by atoms with Gasteiger partial charge in [0.15, 0.2) is 5.82 Å². The maximum absolute atomic E-state index is 12.5. The third kappa shape index (κ3) is 4.49. The molecule has 0 radical (unpaired) electrons. The van der Waals surface area contributed by atoms with Gasteiger partial charge >= 0.3 is 0 Å². The van der Waals surface area contributed by atoms with Gasteiger partial charge in [0, 0.05) is 30.6 Å². The van der Waals surface area contributed by atoms with Crippen molar-refractivity contribution in [3.63, 3.8) is 0 Å². The second-order valence-electron chi connectivity index (χ2n) is 6.56. The molecule has 0 unspecified atom stereocenters. The van der Waals surface area contributed by atoms with Crippen LogP contribution in [0.25, 0.3) is 5.82 Å². The monoisotopic (exact) mass is 400 g/mol. The van der Waals surface area contributed by atoms with Crippen LogP contribution in [0.4, 0.5) is 0 Å². The van der Waals surface area contributed by atoms with Crippen molar-refractivity contribution in [2.24, 2.45) is 0 Å². The highest BCUT2D eigenvalue weighted by Crippen LogP contribution is 2.19. The van der Waals surface area contributed by atoms with E-state index in [4.69, 9.17) is 4.74 Å². The molecule has 150 valence electrons. The maximum atomic E-state index is 12.5. The predicted molar refractivity (Wildman–Crippen MR) is 110 cm³/mol. The normalized spacial score (nSPS) is 11.6. The van der Waals surface area contributed by atoms with Crippen LogP contribution in [-0.2, 0) is 6.54 Å². The highest BCUT2D eigenvalue weighted by molar-refractivity contribution is 5.93. The van der Waals surface area contributed by atoms with Crippen LogP contribution in [0.1, 0.15) is 34.5 Å². The first kappa shape index (κ1) is 19.3. The molecule has 30 heavy (non-hydrogen) atoms. The summed E-state index contributed by atoms with van der Waals surface area (Å²) in [6.45, 7) is 2.25. The Kier molecular flexibility index (Phi) is 5.75. The molecule has 0 spiro atoms. The van der Waals surface area contributed by atoms with Crippen LogP contribution in [0, 0.1) is 0 Å². The van der Waals surface area contributed by atoms with E-state index in [2.05, 4.69) is 25.4 Å². The van der Waals surface area contributed by atoms with Gasteiger partial charge in [-0.1, -0.05) is 36.4 Å². The Labute approximate surface area is 173 Å². The van der Waals surface area contributed by atoms with Crippen LogP contribution in [0.5, 0.6) is 5.88 Å². The van der Waals surface area contributed by atoms with Crippen LogP contribution in [0.3, 0.4) is 0 Å². The summed E-state index contributed by atoms with van der Waals surface area (Å²) in [5.74, 6) is 0.842. The average Bonchev–Trinajstić information content (AvgIpc) is 3.33. The molecule has 0 bridgehead atoms. The topological polar surface area (TPSA) is 94.8 Å². The number of carbonyl (C=O) groups is 1. The van der Waals surface area contributed by atoms with Crippen molar-refractivity contribution in [2.75, 3.05) is 0 Å². The van der Waals surface area contributed by atoms with Crippen LogP contribution in [-0.4, -0.2) is 30.6 Å². The molecule has 4 aromatic rings. The summed E-state index contributed by atoms with van der Waals surface area (Å²) in [4.78, 5) is 25.0. The Morgan fingerprint density at radius 2 is 1.97 bits per heavy atom. The number of nitrogens with zero attached hydrogens (tertiary/aromatic N) is 5. The van der Waals surface area contributed by atoms with Gasteiger partial charge in [0.1, 0.15) is 18.8 Å². The molecule has 0 aliphatic heterocycles. The number of carbonyl (C=O) groups excluding carboxylic acids is 1. The van der Waals surface area contributed by atoms with Gasteiger partial charge in [-0.25, -0.2) is 19.6 Å². The molecule has 1 aromatic carbocycles. The zero-order valence-corrected chi connectivity index (χ0v) is 16.3. The lowest BCUT2D eigenvalue weighted by molar-refractivity contribution is 0.0950. The van der Waals surface area contributed by atoms with Crippen molar-refractivity contribution in [1.82, 2.24) is 30.0 Å². The molecular weight excluding hydrogens is 380 g/mol. The van der Waals surface area contributed by atoms with Crippen LogP contribution < -0.4 is 10.1 Å². The van der Waals surface area contributed by atoms with Gasteiger partial charge in [-0.15, -0.1) is 0 Å². The first-order valence-corrected chi connectivity index (χ1v) is 9.45. The fourth-order valence-corrected chi connectivity index (χ4v) is 2.93. The Morgan fingerprint density at radius 3 is 2.70 bits per heavy atom.